The highest BCUT2D eigenvalue weighted by atomic mass is 32.2. The summed E-state index contributed by atoms with van der Waals surface area (Å²) >= 11 is 0. The first kappa shape index (κ1) is 17.2. The average molecular weight is 336 g/mol. The van der Waals surface area contributed by atoms with Crippen molar-refractivity contribution in [2.75, 3.05) is 11.9 Å². The van der Waals surface area contributed by atoms with Gasteiger partial charge in [-0.1, -0.05) is 13.5 Å². The number of rotatable bonds is 6. The van der Waals surface area contributed by atoms with Gasteiger partial charge in [0.15, 0.2) is 0 Å². The van der Waals surface area contributed by atoms with E-state index in [4.69, 9.17) is 0 Å². The van der Waals surface area contributed by atoms with E-state index in [2.05, 4.69) is 40.6 Å². The van der Waals surface area contributed by atoms with Gasteiger partial charge in [-0.05, 0) is 49.9 Å². The Morgan fingerprint density at radius 1 is 1.35 bits per heavy atom. The fraction of sp³-hybridized carbons (Fsp3) is 0.333. The third-order valence-electron chi connectivity index (χ3n) is 3.54. The summed E-state index contributed by atoms with van der Waals surface area (Å²) in [6.45, 7) is 9.51. The zero-order valence-corrected chi connectivity index (χ0v) is 13.7. The number of carbonyl (C=O) groups is 1. The summed E-state index contributed by atoms with van der Waals surface area (Å²) in [5.74, 6) is 0.298. The van der Waals surface area contributed by atoms with E-state index in [1.54, 1.807) is 0 Å². The van der Waals surface area contributed by atoms with E-state index in [1.165, 1.54) is 24.3 Å². The maximum Gasteiger partial charge on any atom is 0.263 e. The number of aliphatic imine (C=N–C) groups is 1. The van der Waals surface area contributed by atoms with E-state index >= 15 is 0 Å². The molecule has 2 atom stereocenters. The molecule has 1 saturated heterocycles. The maximum atomic E-state index is 12.1. The zero-order chi connectivity index (χ0) is 17.0. The fourth-order valence-corrected chi connectivity index (χ4v) is 3.29. The van der Waals surface area contributed by atoms with E-state index < -0.39 is 10.0 Å². The second-order valence-corrected chi connectivity index (χ2v) is 7.21. The summed E-state index contributed by atoms with van der Waals surface area (Å²) in [7, 11) is -3.75. The van der Waals surface area contributed by atoms with Gasteiger partial charge < -0.3 is 10.6 Å². The first-order valence-corrected chi connectivity index (χ1v) is 8.63. The van der Waals surface area contributed by atoms with Crippen molar-refractivity contribution in [3.63, 3.8) is 0 Å². The van der Waals surface area contributed by atoms with Gasteiger partial charge in [0.1, 0.15) is 5.82 Å². The Balaban J connectivity index is 2.03. The summed E-state index contributed by atoms with van der Waals surface area (Å²) < 4.78 is 26.2. The molecule has 1 aliphatic heterocycles. The number of carbonyl (C=O) groups excluding carboxylic acids is 1. The van der Waals surface area contributed by atoms with E-state index in [0.29, 0.717) is 11.6 Å². The van der Waals surface area contributed by atoms with Crippen molar-refractivity contribution in [1.82, 2.24) is 10.0 Å². The molecule has 0 aromatic heterocycles. The van der Waals surface area contributed by atoms with Crippen LogP contribution in [0.2, 0.25) is 0 Å². The van der Waals surface area contributed by atoms with Gasteiger partial charge in [0.05, 0.1) is 10.9 Å². The lowest BCUT2D eigenvalue weighted by Crippen LogP contribution is -2.35. The van der Waals surface area contributed by atoms with Crippen LogP contribution in [0.4, 0.5) is 5.69 Å². The molecule has 8 heteroatoms. The number of nitrogens with one attached hydrogen (secondary N) is 3. The normalized spacial score (nSPS) is 20.7. The Labute approximate surface area is 135 Å². The van der Waals surface area contributed by atoms with E-state index in [0.717, 1.165) is 13.0 Å². The highest BCUT2D eigenvalue weighted by Gasteiger charge is 2.26. The average Bonchev–Trinajstić information content (AvgIpc) is 2.94. The molecule has 124 valence electrons. The molecule has 2 rings (SSSR count). The number of benzene rings is 1. The van der Waals surface area contributed by atoms with Gasteiger partial charge in [0, 0.05) is 5.69 Å². The van der Waals surface area contributed by atoms with E-state index in [9.17, 15) is 13.2 Å². The zero-order valence-electron chi connectivity index (χ0n) is 12.9. The SMILES string of the molecule is C=NC(=C)NS(=O)(=O)c1ccc(NC(=O)C2CC(C)CN2)cc1. The number of hydrogen-bond acceptors (Lipinski definition) is 5. The summed E-state index contributed by atoms with van der Waals surface area (Å²) in [4.78, 5) is 15.5. The summed E-state index contributed by atoms with van der Waals surface area (Å²) in [6.07, 6.45) is 0.791. The molecule has 1 amide bonds. The van der Waals surface area contributed by atoms with Crippen LogP contribution in [0.15, 0.2) is 46.6 Å². The minimum atomic E-state index is -3.75. The molecule has 7 nitrogen and oxygen atoms in total. The number of amides is 1. The van der Waals surface area contributed by atoms with Gasteiger partial charge in [-0.15, -0.1) is 0 Å². The van der Waals surface area contributed by atoms with Crippen molar-refractivity contribution in [1.29, 1.82) is 0 Å². The molecule has 3 N–H and O–H groups in total. The molecule has 0 aliphatic carbocycles. The van der Waals surface area contributed by atoms with Gasteiger partial charge >= 0.3 is 0 Å². The minimum absolute atomic E-state index is 0.0490. The first-order chi connectivity index (χ1) is 10.8. The minimum Gasteiger partial charge on any atom is -0.325 e. The molecule has 0 spiro atoms. The van der Waals surface area contributed by atoms with Crippen LogP contribution in [-0.2, 0) is 14.8 Å². The van der Waals surface area contributed by atoms with Crippen LogP contribution in [0.3, 0.4) is 0 Å². The molecule has 0 saturated carbocycles. The van der Waals surface area contributed by atoms with E-state index in [-0.39, 0.29) is 22.7 Å². The van der Waals surface area contributed by atoms with Gasteiger partial charge in [-0.25, -0.2) is 13.4 Å². The monoisotopic (exact) mass is 336 g/mol. The van der Waals surface area contributed by atoms with E-state index in [1.807, 2.05) is 0 Å². The Hall–Kier alpha value is -2.19. The highest BCUT2D eigenvalue weighted by Crippen LogP contribution is 2.17. The van der Waals surface area contributed by atoms with Gasteiger partial charge in [-0.2, -0.15) is 0 Å². The molecule has 1 aromatic rings. The lowest BCUT2D eigenvalue weighted by molar-refractivity contribution is -0.117. The summed E-state index contributed by atoms with van der Waals surface area (Å²) in [5, 5.41) is 5.92. The molecule has 23 heavy (non-hydrogen) atoms. The van der Waals surface area contributed by atoms with Gasteiger partial charge in [0.2, 0.25) is 5.91 Å². The number of sulfonamides is 1. The van der Waals surface area contributed by atoms with Crippen molar-refractivity contribution in [2.24, 2.45) is 10.9 Å². The third-order valence-corrected chi connectivity index (χ3v) is 4.94. The molecule has 1 aromatic carbocycles. The lowest BCUT2D eigenvalue weighted by Gasteiger charge is -2.12. The lowest BCUT2D eigenvalue weighted by atomic mass is 10.1. The van der Waals surface area contributed by atoms with Crippen molar-refractivity contribution < 1.29 is 13.2 Å². The topological polar surface area (TPSA) is 99.7 Å². The van der Waals surface area contributed by atoms with Crippen LogP contribution >= 0.6 is 0 Å². The molecule has 1 heterocycles. The second kappa shape index (κ2) is 6.93. The van der Waals surface area contributed by atoms with Gasteiger partial charge in [0.25, 0.3) is 10.0 Å². The Bertz CT molecular complexity index is 713. The molecule has 1 aliphatic rings. The quantitative estimate of drug-likeness (QED) is 0.677. The van der Waals surface area contributed by atoms with Crippen LogP contribution in [0.25, 0.3) is 0 Å². The van der Waals surface area contributed by atoms with Crippen LogP contribution in [-0.4, -0.2) is 33.6 Å². The third kappa shape index (κ3) is 4.40. The molecular weight excluding hydrogens is 316 g/mol. The van der Waals surface area contributed by atoms with Crippen LogP contribution in [0.1, 0.15) is 13.3 Å². The number of hydrogen-bond donors (Lipinski definition) is 3. The predicted octanol–water partition coefficient (Wildman–Crippen LogP) is 1.07. The molecular formula is C15H20N4O3S. The molecule has 0 radical (unpaired) electrons. The van der Waals surface area contributed by atoms with Crippen LogP contribution < -0.4 is 15.4 Å². The Morgan fingerprint density at radius 3 is 2.52 bits per heavy atom. The maximum absolute atomic E-state index is 12.1. The highest BCUT2D eigenvalue weighted by molar-refractivity contribution is 7.89. The fourth-order valence-electron chi connectivity index (χ4n) is 2.31. The second-order valence-electron chi connectivity index (χ2n) is 5.53. The predicted molar refractivity (Wildman–Crippen MR) is 89.7 cm³/mol. The first-order valence-electron chi connectivity index (χ1n) is 7.14. The van der Waals surface area contributed by atoms with Crippen molar-refractivity contribution in [3.05, 3.63) is 36.7 Å². The largest absolute Gasteiger partial charge is 0.325 e. The van der Waals surface area contributed by atoms with Gasteiger partial charge in [-0.3, -0.25) is 9.52 Å². The Morgan fingerprint density at radius 2 is 2.00 bits per heavy atom. The summed E-state index contributed by atoms with van der Waals surface area (Å²) in [6, 6.07) is 5.67. The van der Waals surface area contributed by atoms with Crippen molar-refractivity contribution in [3.8, 4) is 0 Å². The molecule has 2 unspecified atom stereocenters. The standard InChI is InChI=1S/C15H20N4O3S/c1-10-8-14(17-9-10)15(20)18-12-4-6-13(7-5-12)23(21,22)19-11(2)16-3/h4-7,10,14,17,19H,2-3,8-9H2,1H3,(H,18,20). The van der Waals surface area contributed by atoms with Crippen LogP contribution in [0.5, 0.6) is 0 Å². The molecule has 1 fully saturated rings. The molecule has 0 bridgehead atoms. The van der Waals surface area contributed by atoms with Crippen LogP contribution in [0, 0.1) is 5.92 Å². The smallest absolute Gasteiger partial charge is 0.263 e. The van der Waals surface area contributed by atoms with Crippen molar-refractivity contribution >= 4 is 28.3 Å². The number of anilines is 1. The number of nitrogens with zero attached hydrogens (tertiary/aromatic N) is 1. The summed E-state index contributed by atoms with van der Waals surface area (Å²) in [5.41, 5.74) is 0.538. The van der Waals surface area contributed by atoms with Crippen molar-refractivity contribution in [2.45, 2.75) is 24.3 Å². The Kier molecular flexibility index (Phi) is 5.17.